The number of hydrogen-bond donors (Lipinski definition) is 1. The van der Waals surface area contributed by atoms with Crippen LogP contribution in [0, 0.1) is 19.7 Å². The fourth-order valence-electron chi connectivity index (χ4n) is 2.41. The Labute approximate surface area is 155 Å². The maximum atomic E-state index is 13.1. The average molecular weight is 374 g/mol. The molecule has 0 aliphatic rings. The standard InChI is InChI=1S/C19H17ClFN3O2/c1-12-3-8-16(20)17(9-12)26-11-19(25)22-18-10-13(2)23-24(18)15-6-4-14(21)5-7-15/h3-10H,11H2,1-2H3,(H,22,25). The molecule has 3 rings (SSSR count). The lowest BCUT2D eigenvalue weighted by Gasteiger charge is -2.11. The fourth-order valence-corrected chi connectivity index (χ4v) is 2.58. The number of nitrogens with zero attached hydrogens (tertiary/aromatic N) is 2. The number of aromatic nitrogens is 2. The van der Waals surface area contributed by atoms with Crippen molar-refractivity contribution in [3.63, 3.8) is 0 Å². The lowest BCUT2D eigenvalue weighted by Crippen LogP contribution is -2.22. The van der Waals surface area contributed by atoms with Crippen LogP contribution in [0.2, 0.25) is 5.02 Å². The average Bonchev–Trinajstić information content (AvgIpc) is 2.96. The smallest absolute Gasteiger partial charge is 0.263 e. The molecule has 0 spiro atoms. The maximum absolute atomic E-state index is 13.1. The molecule has 7 heteroatoms. The molecule has 1 aromatic heterocycles. The highest BCUT2D eigenvalue weighted by Gasteiger charge is 2.12. The number of benzene rings is 2. The van der Waals surface area contributed by atoms with Crippen LogP contribution in [0.1, 0.15) is 11.3 Å². The summed E-state index contributed by atoms with van der Waals surface area (Å²) in [5, 5.41) is 7.51. The first-order valence-electron chi connectivity index (χ1n) is 7.94. The van der Waals surface area contributed by atoms with Gasteiger partial charge in [-0.2, -0.15) is 5.10 Å². The first kappa shape index (κ1) is 17.9. The van der Waals surface area contributed by atoms with Crippen molar-refractivity contribution in [2.45, 2.75) is 13.8 Å². The van der Waals surface area contributed by atoms with E-state index in [9.17, 15) is 9.18 Å². The minimum absolute atomic E-state index is 0.198. The van der Waals surface area contributed by atoms with Gasteiger partial charge in [0, 0.05) is 6.07 Å². The zero-order valence-electron chi connectivity index (χ0n) is 14.3. The number of halogens is 2. The molecule has 0 saturated heterocycles. The molecular formula is C19H17ClFN3O2. The summed E-state index contributed by atoms with van der Waals surface area (Å²) < 4.78 is 20.1. The highest BCUT2D eigenvalue weighted by atomic mass is 35.5. The van der Waals surface area contributed by atoms with E-state index < -0.39 is 0 Å². The van der Waals surface area contributed by atoms with Gasteiger partial charge in [0.25, 0.3) is 5.91 Å². The van der Waals surface area contributed by atoms with E-state index in [4.69, 9.17) is 16.3 Å². The normalized spacial score (nSPS) is 10.6. The third-order valence-corrected chi connectivity index (χ3v) is 3.93. The SMILES string of the molecule is Cc1ccc(Cl)c(OCC(=O)Nc2cc(C)nn2-c2ccc(F)cc2)c1. The van der Waals surface area contributed by atoms with E-state index in [0.717, 1.165) is 5.56 Å². The summed E-state index contributed by atoms with van der Waals surface area (Å²) in [6.45, 7) is 3.52. The quantitative estimate of drug-likeness (QED) is 0.725. The molecule has 134 valence electrons. The Morgan fingerprint density at radius 1 is 1.19 bits per heavy atom. The number of carbonyl (C=O) groups excluding carboxylic acids is 1. The molecule has 0 radical (unpaired) electrons. The summed E-state index contributed by atoms with van der Waals surface area (Å²) in [7, 11) is 0. The van der Waals surface area contributed by atoms with Gasteiger partial charge in [-0.05, 0) is 55.8 Å². The molecule has 5 nitrogen and oxygen atoms in total. The number of ether oxygens (including phenoxy) is 1. The molecule has 0 unspecified atom stereocenters. The van der Waals surface area contributed by atoms with Crippen molar-refractivity contribution < 1.29 is 13.9 Å². The third-order valence-electron chi connectivity index (χ3n) is 3.62. The molecule has 0 bridgehead atoms. The molecule has 0 aliphatic carbocycles. The lowest BCUT2D eigenvalue weighted by atomic mass is 10.2. The second-order valence-electron chi connectivity index (χ2n) is 5.83. The number of nitrogens with one attached hydrogen (secondary N) is 1. The predicted molar refractivity (Wildman–Crippen MR) is 98.6 cm³/mol. The van der Waals surface area contributed by atoms with Gasteiger partial charge in [-0.25, -0.2) is 9.07 Å². The second kappa shape index (κ2) is 7.58. The molecule has 26 heavy (non-hydrogen) atoms. The largest absolute Gasteiger partial charge is 0.482 e. The molecular weight excluding hydrogens is 357 g/mol. The maximum Gasteiger partial charge on any atom is 0.263 e. The van der Waals surface area contributed by atoms with Gasteiger partial charge in [0.1, 0.15) is 17.4 Å². The van der Waals surface area contributed by atoms with Gasteiger partial charge in [-0.1, -0.05) is 17.7 Å². The van der Waals surface area contributed by atoms with Crippen LogP contribution in [-0.4, -0.2) is 22.3 Å². The van der Waals surface area contributed by atoms with Crippen LogP contribution in [0.25, 0.3) is 5.69 Å². The van der Waals surface area contributed by atoms with Crippen LogP contribution in [-0.2, 0) is 4.79 Å². The van der Waals surface area contributed by atoms with Crippen LogP contribution in [0.15, 0.2) is 48.5 Å². The Kier molecular flexibility index (Phi) is 5.23. The van der Waals surface area contributed by atoms with Crippen LogP contribution >= 0.6 is 11.6 Å². The predicted octanol–water partition coefficient (Wildman–Crippen LogP) is 4.30. The van der Waals surface area contributed by atoms with Crippen molar-refractivity contribution in [3.05, 3.63) is 70.6 Å². The van der Waals surface area contributed by atoms with Crippen molar-refractivity contribution >= 4 is 23.3 Å². The number of aryl methyl sites for hydroxylation is 2. The van der Waals surface area contributed by atoms with Gasteiger partial charge < -0.3 is 10.1 Å². The Hall–Kier alpha value is -2.86. The van der Waals surface area contributed by atoms with Crippen LogP contribution in [0.5, 0.6) is 5.75 Å². The van der Waals surface area contributed by atoms with Gasteiger partial charge >= 0.3 is 0 Å². The minimum Gasteiger partial charge on any atom is -0.482 e. The van der Waals surface area contributed by atoms with Gasteiger partial charge in [0.2, 0.25) is 0 Å². The van der Waals surface area contributed by atoms with Gasteiger partial charge in [-0.15, -0.1) is 0 Å². The number of rotatable bonds is 5. The summed E-state index contributed by atoms with van der Waals surface area (Å²) in [5.41, 5.74) is 2.33. The van der Waals surface area contributed by atoms with E-state index >= 15 is 0 Å². The Morgan fingerprint density at radius 2 is 1.92 bits per heavy atom. The lowest BCUT2D eigenvalue weighted by molar-refractivity contribution is -0.118. The summed E-state index contributed by atoms with van der Waals surface area (Å²) in [6.07, 6.45) is 0. The molecule has 0 aliphatic heterocycles. The first-order chi connectivity index (χ1) is 12.4. The molecule has 1 N–H and O–H groups in total. The van der Waals surface area contributed by atoms with E-state index in [1.54, 1.807) is 37.3 Å². The Morgan fingerprint density at radius 3 is 2.65 bits per heavy atom. The molecule has 0 saturated carbocycles. The second-order valence-corrected chi connectivity index (χ2v) is 6.24. The summed E-state index contributed by atoms with van der Waals surface area (Å²) in [4.78, 5) is 12.2. The van der Waals surface area contributed by atoms with Gasteiger partial charge in [-0.3, -0.25) is 4.79 Å². The number of carbonyl (C=O) groups is 1. The Bertz CT molecular complexity index is 938. The van der Waals surface area contributed by atoms with E-state index in [1.165, 1.54) is 16.8 Å². The van der Waals surface area contributed by atoms with E-state index in [1.807, 2.05) is 13.0 Å². The van der Waals surface area contributed by atoms with Crippen LogP contribution < -0.4 is 10.1 Å². The molecule has 0 atom stereocenters. The topological polar surface area (TPSA) is 56.1 Å². The highest BCUT2D eigenvalue weighted by Crippen LogP contribution is 2.25. The zero-order chi connectivity index (χ0) is 18.7. The van der Waals surface area contributed by atoms with Crippen molar-refractivity contribution in [1.29, 1.82) is 0 Å². The molecule has 0 fully saturated rings. The van der Waals surface area contributed by atoms with Gasteiger partial charge in [0.05, 0.1) is 16.4 Å². The van der Waals surface area contributed by atoms with Crippen molar-refractivity contribution in [3.8, 4) is 11.4 Å². The van der Waals surface area contributed by atoms with Crippen molar-refractivity contribution in [1.82, 2.24) is 9.78 Å². The van der Waals surface area contributed by atoms with Crippen LogP contribution in [0.3, 0.4) is 0 Å². The highest BCUT2D eigenvalue weighted by molar-refractivity contribution is 6.32. The molecule has 1 heterocycles. The summed E-state index contributed by atoms with van der Waals surface area (Å²) >= 11 is 6.06. The Balaban J connectivity index is 1.71. The fraction of sp³-hybridized carbons (Fsp3) is 0.158. The van der Waals surface area contributed by atoms with E-state index in [-0.39, 0.29) is 18.3 Å². The minimum atomic E-state index is -0.356. The zero-order valence-corrected chi connectivity index (χ0v) is 15.0. The number of amides is 1. The van der Waals surface area contributed by atoms with Gasteiger partial charge in [0.15, 0.2) is 6.61 Å². The van der Waals surface area contributed by atoms with Crippen molar-refractivity contribution in [2.75, 3.05) is 11.9 Å². The molecule has 3 aromatic rings. The van der Waals surface area contributed by atoms with Crippen LogP contribution in [0.4, 0.5) is 10.2 Å². The summed E-state index contributed by atoms with van der Waals surface area (Å²) in [6, 6.07) is 12.9. The summed E-state index contributed by atoms with van der Waals surface area (Å²) in [5.74, 6) is 0.223. The number of anilines is 1. The number of hydrogen-bond acceptors (Lipinski definition) is 3. The third kappa shape index (κ3) is 4.21. The first-order valence-corrected chi connectivity index (χ1v) is 8.31. The van der Waals surface area contributed by atoms with Crippen molar-refractivity contribution in [2.24, 2.45) is 0 Å². The molecule has 2 aromatic carbocycles. The monoisotopic (exact) mass is 373 g/mol. The van der Waals surface area contributed by atoms with E-state index in [0.29, 0.717) is 28.0 Å². The molecule has 1 amide bonds. The van der Waals surface area contributed by atoms with E-state index in [2.05, 4.69) is 10.4 Å².